The largest absolute Gasteiger partial charge is 0.322 e. The zero-order valence-corrected chi connectivity index (χ0v) is 14.7. The molecule has 0 aliphatic rings. The summed E-state index contributed by atoms with van der Waals surface area (Å²) in [5.74, 6) is 0.236. The minimum Gasteiger partial charge on any atom is -0.322 e. The summed E-state index contributed by atoms with van der Waals surface area (Å²) in [7, 11) is 0. The van der Waals surface area contributed by atoms with Gasteiger partial charge in [0.05, 0.1) is 0 Å². The summed E-state index contributed by atoms with van der Waals surface area (Å²) in [6.45, 7) is 6.15. The van der Waals surface area contributed by atoms with Crippen LogP contribution in [0.1, 0.15) is 94.5 Å². The Morgan fingerprint density at radius 3 is 2.09 bits per heavy atom. The number of unbranched alkanes of at least 4 members (excludes halogenated alkanes) is 7. The Balaban J connectivity index is 2.35. The quantitative estimate of drug-likeness (QED) is 0.427. The Morgan fingerprint density at radius 1 is 0.955 bits per heavy atom. The highest BCUT2D eigenvalue weighted by Crippen LogP contribution is 2.23. The van der Waals surface area contributed by atoms with Gasteiger partial charge in [0.15, 0.2) is 5.78 Å². The van der Waals surface area contributed by atoms with Gasteiger partial charge < -0.3 is 5.73 Å². The number of nitrogens with two attached hydrogens (primary N) is 1. The van der Waals surface area contributed by atoms with E-state index >= 15 is 0 Å². The molecule has 2 heteroatoms. The average molecular weight is 303 g/mol. The summed E-state index contributed by atoms with van der Waals surface area (Å²) in [5, 5.41) is 0. The van der Waals surface area contributed by atoms with Crippen molar-refractivity contribution in [2.75, 3.05) is 0 Å². The first kappa shape index (κ1) is 18.9. The van der Waals surface area contributed by atoms with Crippen LogP contribution in [0.2, 0.25) is 0 Å². The molecule has 0 bridgehead atoms. The van der Waals surface area contributed by atoms with E-state index in [-0.39, 0.29) is 5.78 Å². The zero-order chi connectivity index (χ0) is 16.4. The summed E-state index contributed by atoms with van der Waals surface area (Å²) >= 11 is 0. The number of rotatable bonds is 11. The van der Waals surface area contributed by atoms with Crippen LogP contribution in [0.5, 0.6) is 0 Å². The Kier molecular flexibility index (Phi) is 8.40. The van der Waals surface area contributed by atoms with Gasteiger partial charge in [-0.25, -0.2) is 0 Å². The van der Waals surface area contributed by atoms with E-state index in [1.54, 1.807) is 0 Å². The van der Waals surface area contributed by atoms with Crippen molar-refractivity contribution >= 4 is 5.78 Å². The van der Waals surface area contributed by atoms with Crippen LogP contribution >= 0.6 is 0 Å². The molecule has 0 spiro atoms. The van der Waals surface area contributed by atoms with Crippen molar-refractivity contribution in [2.45, 2.75) is 84.1 Å². The summed E-state index contributed by atoms with van der Waals surface area (Å²) in [6, 6.07) is 7.77. The molecule has 0 heterocycles. The molecule has 0 aromatic heterocycles. The molecule has 0 saturated carbocycles. The Bertz CT molecular complexity index is 445. The van der Waals surface area contributed by atoms with Gasteiger partial charge in [-0.15, -0.1) is 0 Å². The number of benzene rings is 1. The molecule has 0 amide bonds. The van der Waals surface area contributed by atoms with Crippen molar-refractivity contribution in [1.29, 1.82) is 0 Å². The number of hydrogen-bond donors (Lipinski definition) is 1. The van der Waals surface area contributed by atoms with Crippen LogP contribution in [0.4, 0.5) is 0 Å². The molecule has 22 heavy (non-hydrogen) atoms. The van der Waals surface area contributed by atoms with Gasteiger partial charge >= 0.3 is 0 Å². The number of ketones is 1. The summed E-state index contributed by atoms with van der Waals surface area (Å²) < 4.78 is 0. The maximum Gasteiger partial charge on any atom is 0.163 e. The zero-order valence-electron chi connectivity index (χ0n) is 14.7. The monoisotopic (exact) mass is 303 g/mol. The molecule has 0 radical (unpaired) electrons. The van der Waals surface area contributed by atoms with Gasteiger partial charge in [-0.2, -0.15) is 0 Å². The normalized spacial score (nSPS) is 11.6. The van der Waals surface area contributed by atoms with Crippen molar-refractivity contribution in [3.63, 3.8) is 0 Å². The van der Waals surface area contributed by atoms with E-state index in [2.05, 4.69) is 6.92 Å². The molecule has 2 N–H and O–H groups in total. The molecular weight excluding hydrogens is 270 g/mol. The lowest BCUT2D eigenvalue weighted by Crippen LogP contribution is -2.30. The molecule has 1 rings (SSSR count). The predicted octanol–water partition coefficient (Wildman–Crippen LogP) is 5.59. The lowest BCUT2D eigenvalue weighted by molar-refractivity contribution is 0.0977. The van der Waals surface area contributed by atoms with E-state index in [0.29, 0.717) is 6.42 Å². The molecular formula is C20H33NO. The Morgan fingerprint density at radius 2 is 1.50 bits per heavy atom. The second-order valence-corrected chi connectivity index (χ2v) is 6.92. The van der Waals surface area contributed by atoms with Crippen LogP contribution in [0, 0.1) is 0 Å². The van der Waals surface area contributed by atoms with E-state index < -0.39 is 5.54 Å². The molecule has 0 aliphatic heterocycles. The minimum atomic E-state index is -0.467. The SMILES string of the molecule is CCCCCCCCCCC(=O)c1ccccc1C(C)(C)N. The molecule has 0 saturated heterocycles. The van der Waals surface area contributed by atoms with Crippen LogP contribution in [0.15, 0.2) is 24.3 Å². The van der Waals surface area contributed by atoms with Gasteiger partial charge in [-0.05, 0) is 25.8 Å². The first-order valence-electron chi connectivity index (χ1n) is 8.88. The highest BCUT2D eigenvalue weighted by Gasteiger charge is 2.20. The van der Waals surface area contributed by atoms with E-state index in [0.717, 1.165) is 24.0 Å². The summed E-state index contributed by atoms with van der Waals surface area (Å²) in [6.07, 6.45) is 10.7. The first-order valence-corrected chi connectivity index (χ1v) is 8.88. The van der Waals surface area contributed by atoms with Crippen LogP contribution in [-0.2, 0) is 5.54 Å². The van der Waals surface area contributed by atoms with Crippen LogP contribution in [0.25, 0.3) is 0 Å². The fraction of sp³-hybridized carbons (Fsp3) is 0.650. The number of carbonyl (C=O) groups is 1. The number of Topliss-reactive ketones (excluding diaryl/α,β-unsaturated/α-hetero) is 1. The highest BCUT2D eigenvalue weighted by molar-refractivity contribution is 5.97. The topological polar surface area (TPSA) is 43.1 Å². The Hall–Kier alpha value is -1.15. The van der Waals surface area contributed by atoms with Gasteiger partial charge in [-0.1, -0.05) is 76.1 Å². The summed E-state index contributed by atoms with van der Waals surface area (Å²) in [4.78, 5) is 12.4. The van der Waals surface area contributed by atoms with E-state index in [4.69, 9.17) is 5.73 Å². The van der Waals surface area contributed by atoms with Gasteiger partial charge in [0.1, 0.15) is 0 Å². The molecule has 1 aromatic carbocycles. The second kappa shape index (κ2) is 9.78. The van der Waals surface area contributed by atoms with Gasteiger partial charge in [-0.3, -0.25) is 4.79 Å². The third-order valence-electron chi connectivity index (χ3n) is 4.18. The lowest BCUT2D eigenvalue weighted by Gasteiger charge is -2.22. The van der Waals surface area contributed by atoms with Crippen LogP contribution < -0.4 is 5.73 Å². The fourth-order valence-corrected chi connectivity index (χ4v) is 2.84. The van der Waals surface area contributed by atoms with E-state index in [9.17, 15) is 4.79 Å². The standard InChI is InChI=1S/C20H33NO/c1-4-5-6-7-8-9-10-11-16-19(22)17-14-12-13-15-18(17)20(2,3)21/h12-15H,4-11,16,21H2,1-3H3. The molecule has 1 aromatic rings. The second-order valence-electron chi connectivity index (χ2n) is 6.92. The number of hydrogen-bond acceptors (Lipinski definition) is 2. The maximum absolute atomic E-state index is 12.4. The predicted molar refractivity (Wildman–Crippen MR) is 95.2 cm³/mol. The first-order chi connectivity index (χ1) is 10.5. The molecule has 2 nitrogen and oxygen atoms in total. The average Bonchev–Trinajstić information content (AvgIpc) is 2.49. The molecule has 124 valence electrons. The minimum absolute atomic E-state index is 0.236. The van der Waals surface area contributed by atoms with Crippen molar-refractivity contribution in [2.24, 2.45) is 5.73 Å². The molecule has 0 fully saturated rings. The summed E-state index contributed by atoms with van der Waals surface area (Å²) in [5.41, 5.74) is 7.47. The van der Waals surface area contributed by atoms with Gasteiger partial charge in [0.2, 0.25) is 0 Å². The van der Waals surface area contributed by atoms with Crippen LogP contribution in [-0.4, -0.2) is 5.78 Å². The third-order valence-corrected chi connectivity index (χ3v) is 4.18. The lowest BCUT2D eigenvalue weighted by atomic mass is 9.88. The van der Waals surface area contributed by atoms with Crippen LogP contribution in [0.3, 0.4) is 0 Å². The molecule has 0 unspecified atom stereocenters. The Labute approximate surface area is 136 Å². The van der Waals surface area contributed by atoms with Crippen molar-refractivity contribution in [3.8, 4) is 0 Å². The van der Waals surface area contributed by atoms with Gasteiger partial charge in [0, 0.05) is 17.5 Å². The molecule has 0 atom stereocenters. The van der Waals surface area contributed by atoms with Crippen molar-refractivity contribution in [1.82, 2.24) is 0 Å². The number of carbonyl (C=O) groups excluding carboxylic acids is 1. The highest BCUT2D eigenvalue weighted by atomic mass is 16.1. The van der Waals surface area contributed by atoms with E-state index in [1.807, 2.05) is 38.1 Å². The smallest absolute Gasteiger partial charge is 0.163 e. The third kappa shape index (κ3) is 6.74. The molecule has 0 aliphatic carbocycles. The van der Waals surface area contributed by atoms with Crippen molar-refractivity contribution in [3.05, 3.63) is 35.4 Å². The fourth-order valence-electron chi connectivity index (χ4n) is 2.84. The van der Waals surface area contributed by atoms with Gasteiger partial charge in [0.25, 0.3) is 0 Å². The van der Waals surface area contributed by atoms with E-state index in [1.165, 1.54) is 38.5 Å². The maximum atomic E-state index is 12.4. The van der Waals surface area contributed by atoms with Crippen molar-refractivity contribution < 1.29 is 4.79 Å².